The lowest BCUT2D eigenvalue weighted by molar-refractivity contribution is 0.354. The van der Waals surface area contributed by atoms with Crippen molar-refractivity contribution in [1.29, 1.82) is 0 Å². The van der Waals surface area contributed by atoms with E-state index in [0.29, 0.717) is 18.0 Å². The van der Waals surface area contributed by atoms with Gasteiger partial charge in [0.05, 0.1) is 27.1 Å². The Morgan fingerprint density at radius 2 is 2.00 bits per heavy atom. The van der Waals surface area contributed by atoms with E-state index in [1.807, 2.05) is 6.07 Å². The second-order valence-electron chi connectivity index (χ2n) is 4.07. The Bertz CT molecular complexity index is 685. The Kier molecular flexibility index (Phi) is 4.14. The Labute approximate surface area is 120 Å². The summed E-state index contributed by atoms with van der Waals surface area (Å²) >= 11 is 5.69. The number of methoxy groups -OCH3 is 2. The molecule has 2 N–H and O–H groups in total. The molecule has 0 amide bonds. The molecule has 106 valence electrons. The van der Waals surface area contributed by atoms with Crippen molar-refractivity contribution in [2.75, 3.05) is 20.0 Å². The number of benzene rings is 1. The van der Waals surface area contributed by atoms with Gasteiger partial charge in [0, 0.05) is 0 Å². The summed E-state index contributed by atoms with van der Waals surface area (Å²) in [6.07, 6.45) is 1.36. The maximum atomic E-state index is 11.9. The fourth-order valence-electron chi connectivity index (χ4n) is 1.77. The second-order valence-corrected chi connectivity index (χ2v) is 4.43. The van der Waals surface area contributed by atoms with E-state index in [-0.39, 0.29) is 16.4 Å². The van der Waals surface area contributed by atoms with Crippen molar-refractivity contribution < 1.29 is 9.47 Å². The van der Waals surface area contributed by atoms with Gasteiger partial charge in [0.25, 0.3) is 5.56 Å². The number of rotatable bonds is 4. The topological polar surface area (TPSA) is 79.4 Å². The molecule has 0 fully saturated rings. The molecule has 0 aliphatic carbocycles. The molecule has 0 radical (unpaired) electrons. The Hall–Kier alpha value is -2.21. The van der Waals surface area contributed by atoms with Crippen LogP contribution in [0.3, 0.4) is 0 Å². The maximum absolute atomic E-state index is 11.9. The molecule has 1 aromatic carbocycles. The van der Waals surface area contributed by atoms with Crippen LogP contribution in [0.5, 0.6) is 11.5 Å². The second kappa shape index (κ2) is 5.83. The zero-order valence-electron chi connectivity index (χ0n) is 11.1. The number of hydrogen-bond acceptors (Lipinski definition) is 5. The van der Waals surface area contributed by atoms with Crippen molar-refractivity contribution in [1.82, 2.24) is 9.55 Å². The summed E-state index contributed by atoms with van der Waals surface area (Å²) in [5, 5.41) is 0.0126. The van der Waals surface area contributed by atoms with Crippen molar-refractivity contribution >= 4 is 17.3 Å². The van der Waals surface area contributed by atoms with Crippen LogP contribution in [0.1, 0.15) is 5.56 Å². The Morgan fingerprint density at radius 3 is 2.65 bits per heavy atom. The van der Waals surface area contributed by atoms with Crippen LogP contribution in [0.15, 0.2) is 29.3 Å². The zero-order valence-corrected chi connectivity index (χ0v) is 11.8. The average Bonchev–Trinajstić information content (AvgIpc) is 2.47. The number of hydrogen-bond donors (Lipinski definition) is 1. The minimum atomic E-state index is -0.375. The molecule has 0 saturated heterocycles. The van der Waals surface area contributed by atoms with Crippen LogP contribution in [0.2, 0.25) is 5.15 Å². The van der Waals surface area contributed by atoms with Crippen LogP contribution in [0.25, 0.3) is 0 Å². The highest BCUT2D eigenvalue weighted by Gasteiger charge is 2.09. The molecule has 6 nitrogen and oxygen atoms in total. The van der Waals surface area contributed by atoms with E-state index in [2.05, 4.69) is 4.98 Å². The third-order valence-corrected chi connectivity index (χ3v) is 3.13. The summed E-state index contributed by atoms with van der Waals surface area (Å²) in [5.41, 5.74) is 5.98. The van der Waals surface area contributed by atoms with Gasteiger partial charge in [-0.3, -0.25) is 9.36 Å². The van der Waals surface area contributed by atoms with Crippen LogP contribution in [-0.2, 0) is 6.54 Å². The molecule has 7 heteroatoms. The van der Waals surface area contributed by atoms with Crippen molar-refractivity contribution in [2.24, 2.45) is 0 Å². The van der Waals surface area contributed by atoms with Crippen molar-refractivity contribution in [3.05, 3.63) is 45.6 Å². The molecule has 1 aromatic heterocycles. The fraction of sp³-hybridized carbons (Fsp3) is 0.231. The van der Waals surface area contributed by atoms with E-state index in [0.717, 1.165) is 5.56 Å². The lowest BCUT2D eigenvalue weighted by Gasteiger charge is -2.11. The first-order chi connectivity index (χ1) is 9.56. The largest absolute Gasteiger partial charge is 0.493 e. The monoisotopic (exact) mass is 295 g/mol. The van der Waals surface area contributed by atoms with Crippen LogP contribution >= 0.6 is 11.6 Å². The van der Waals surface area contributed by atoms with E-state index >= 15 is 0 Å². The summed E-state index contributed by atoms with van der Waals surface area (Å²) in [4.78, 5) is 15.8. The molecule has 1 heterocycles. The molecule has 2 aromatic rings. The molecule has 0 unspecified atom stereocenters. The first kappa shape index (κ1) is 14.2. The minimum Gasteiger partial charge on any atom is -0.493 e. The number of nitrogens with two attached hydrogens (primary N) is 1. The lowest BCUT2D eigenvalue weighted by Crippen LogP contribution is -2.24. The number of anilines is 1. The van der Waals surface area contributed by atoms with E-state index in [1.54, 1.807) is 26.4 Å². The van der Waals surface area contributed by atoms with Crippen LogP contribution < -0.4 is 20.8 Å². The zero-order chi connectivity index (χ0) is 14.7. The number of nitrogen functional groups attached to an aromatic ring is 1. The smallest absolute Gasteiger partial charge is 0.278 e. The summed E-state index contributed by atoms with van der Waals surface area (Å²) < 4.78 is 11.7. The first-order valence-corrected chi connectivity index (χ1v) is 6.16. The third kappa shape index (κ3) is 2.70. The standard InChI is InChI=1S/C13H14ClN3O3/c1-19-9-4-3-8(5-10(9)20-2)6-17-7-16-12(14)11(15)13(17)18/h3-5,7H,6,15H2,1-2H3. The highest BCUT2D eigenvalue weighted by molar-refractivity contribution is 6.31. The van der Waals surface area contributed by atoms with E-state index in [9.17, 15) is 4.79 Å². The molecule has 0 spiro atoms. The summed E-state index contributed by atoms with van der Waals surface area (Å²) in [5.74, 6) is 1.21. The van der Waals surface area contributed by atoms with Gasteiger partial charge in [-0.2, -0.15) is 0 Å². The van der Waals surface area contributed by atoms with Gasteiger partial charge < -0.3 is 15.2 Å². The number of halogens is 1. The Morgan fingerprint density at radius 1 is 1.30 bits per heavy atom. The van der Waals surface area contributed by atoms with Crippen LogP contribution in [0, 0.1) is 0 Å². The predicted molar refractivity (Wildman–Crippen MR) is 76.6 cm³/mol. The lowest BCUT2D eigenvalue weighted by atomic mass is 10.2. The maximum Gasteiger partial charge on any atom is 0.278 e. The predicted octanol–water partition coefficient (Wildman–Crippen LogP) is 1.54. The van der Waals surface area contributed by atoms with Gasteiger partial charge in [-0.1, -0.05) is 17.7 Å². The van der Waals surface area contributed by atoms with Gasteiger partial charge in [0.1, 0.15) is 5.69 Å². The molecule has 20 heavy (non-hydrogen) atoms. The van der Waals surface area contributed by atoms with Crippen molar-refractivity contribution in [3.8, 4) is 11.5 Å². The average molecular weight is 296 g/mol. The molecule has 2 rings (SSSR count). The Balaban J connectivity index is 2.36. The number of aromatic nitrogens is 2. The van der Waals surface area contributed by atoms with Crippen LogP contribution in [0.4, 0.5) is 5.69 Å². The van der Waals surface area contributed by atoms with E-state index in [1.165, 1.54) is 10.9 Å². The molecule has 0 aliphatic heterocycles. The summed E-state index contributed by atoms with van der Waals surface area (Å²) in [7, 11) is 3.11. The summed E-state index contributed by atoms with van der Waals surface area (Å²) in [6, 6.07) is 5.39. The molecule has 0 saturated carbocycles. The molecular weight excluding hydrogens is 282 g/mol. The first-order valence-electron chi connectivity index (χ1n) is 5.78. The summed E-state index contributed by atoms with van der Waals surface area (Å²) in [6.45, 7) is 0.313. The fourth-order valence-corrected chi connectivity index (χ4v) is 1.90. The number of nitrogens with zero attached hydrogens (tertiary/aromatic N) is 2. The van der Waals surface area contributed by atoms with Gasteiger partial charge in [-0.25, -0.2) is 4.98 Å². The number of ether oxygens (including phenoxy) is 2. The van der Waals surface area contributed by atoms with Crippen LogP contribution in [-0.4, -0.2) is 23.8 Å². The SMILES string of the molecule is COc1ccc(Cn2cnc(Cl)c(N)c2=O)cc1OC. The van der Waals surface area contributed by atoms with Crippen molar-refractivity contribution in [2.45, 2.75) is 6.54 Å². The molecule has 0 aliphatic rings. The van der Waals surface area contributed by atoms with E-state index in [4.69, 9.17) is 26.8 Å². The van der Waals surface area contributed by atoms with Crippen molar-refractivity contribution in [3.63, 3.8) is 0 Å². The highest BCUT2D eigenvalue weighted by Crippen LogP contribution is 2.27. The van der Waals surface area contributed by atoms with Gasteiger partial charge in [0.15, 0.2) is 16.7 Å². The molecular formula is C13H14ClN3O3. The minimum absolute atomic E-state index is 0.0126. The van der Waals surface area contributed by atoms with Gasteiger partial charge in [-0.15, -0.1) is 0 Å². The molecule has 0 bridgehead atoms. The van der Waals surface area contributed by atoms with Gasteiger partial charge in [-0.05, 0) is 17.7 Å². The van der Waals surface area contributed by atoms with E-state index < -0.39 is 0 Å². The molecule has 0 atom stereocenters. The highest BCUT2D eigenvalue weighted by atomic mass is 35.5. The quantitative estimate of drug-likeness (QED) is 0.866. The third-order valence-electron chi connectivity index (χ3n) is 2.82. The normalized spacial score (nSPS) is 10.3. The van der Waals surface area contributed by atoms with Gasteiger partial charge >= 0.3 is 0 Å². The van der Waals surface area contributed by atoms with Gasteiger partial charge in [0.2, 0.25) is 0 Å².